The van der Waals surface area contributed by atoms with E-state index in [1.165, 1.54) is 16.7 Å². The summed E-state index contributed by atoms with van der Waals surface area (Å²) in [4.78, 5) is 0. The van der Waals surface area contributed by atoms with Crippen molar-refractivity contribution >= 4 is 6.08 Å². The van der Waals surface area contributed by atoms with Gasteiger partial charge in [0.05, 0.1) is 6.61 Å². The van der Waals surface area contributed by atoms with Crippen LogP contribution in [0.3, 0.4) is 0 Å². The van der Waals surface area contributed by atoms with Gasteiger partial charge in [-0.05, 0) is 44.2 Å². The van der Waals surface area contributed by atoms with Crippen LogP contribution < -0.4 is 10.1 Å². The second kappa shape index (κ2) is 4.71. The molecule has 2 rings (SSSR count). The molecule has 1 heterocycles. The van der Waals surface area contributed by atoms with E-state index in [4.69, 9.17) is 4.74 Å². The van der Waals surface area contributed by atoms with Crippen LogP contribution in [0.2, 0.25) is 0 Å². The Bertz CT molecular complexity index is 409. The highest BCUT2D eigenvalue weighted by molar-refractivity contribution is 5.57. The number of hydrogen-bond donors (Lipinski definition) is 1. The Morgan fingerprint density at radius 2 is 2.31 bits per heavy atom. The lowest BCUT2D eigenvalue weighted by Gasteiger charge is -2.10. The van der Waals surface area contributed by atoms with Crippen LogP contribution in [0.25, 0.3) is 6.08 Å². The predicted molar refractivity (Wildman–Crippen MR) is 67.8 cm³/mol. The highest BCUT2D eigenvalue weighted by Gasteiger charge is 2.11. The molecule has 0 spiro atoms. The Hall–Kier alpha value is -1.28. The summed E-state index contributed by atoms with van der Waals surface area (Å²) in [7, 11) is 1.98. The smallest absolute Gasteiger partial charge is 0.122 e. The fraction of sp³-hybridized carbons (Fsp3) is 0.429. The zero-order chi connectivity index (χ0) is 11.5. The first-order chi connectivity index (χ1) is 7.70. The van der Waals surface area contributed by atoms with Crippen LogP contribution in [0.5, 0.6) is 5.75 Å². The zero-order valence-corrected chi connectivity index (χ0v) is 10.2. The average molecular weight is 217 g/mol. The van der Waals surface area contributed by atoms with E-state index < -0.39 is 0 Å². The zero-order valence-electron chi connectivity index (χ0n) is 10.2. The fourth-order valence-corrected chi connectivity index (χ4v) is 1.91. The minimum absolute atomic E-state index is 0.421. The number of likely N-dealkylation sites (N-methyl/N-ethyl adjacent to an activating group) is 1. The van der Waals surface area contributed by atoms with Crippen LogP contribution in [0.1, 0.15) is 25.0 Å². The SMILES string of the molecule is CNC(C)/C(C)=C/c1ccc2c(c1)CCO2. The molecule has 1 aliphatic rings. The second-order valence-corrected chi connectivity index (χ2v) is 4.36. The Morgan fingerprint density at radius 1 is 1.50 bits per heavy atom. The molecule has 1 aromatic carbocycles. The number of benzene rings is 1. The molecular formula is C14H19NO. The topological polar surface area (TPSA) is 21.3 Å². The monoisotopic (exact) mass is 217 g/mol. The summed E-state index contributed by atoms with van der Waals surface area (Å²) in [6, 6.07) is 6.85. The highest BCUT2D eigenvalue weighted by atomic mass is 16.5. The Balaban J connectivity index is 2.22. The minimum atomic E-state index is 0.421. The summed E-state index contributed by atoms with van der Waals surface area (Å²) in [5.41, 5.74) is 3.95. The molecule has 1 aromatic rings. The van der Waals surface area contributed by atoms with E-state index in [1.807, 2.05) is 7.05 Å². The Kier molecular flexibility index (Phi) is 3.30. The van der Waals surface area contributed by atoms with Gasteiger partial charge < -0.3 is 10.1 Å². The van der Waals surface area contributed by atoms with Gasteiger partial charge in [-0.3, -0.25) is 0 Å². The summed E-state index contributed by atoms with van der Waals surface area (Å²) >= 11 is 0. The van der Waals surface area contributed by atoms with Crippen molar-refractivity contribution in [2.45, 2.75) is 26.3 Å². The van der Waals surface area contributed by atoms with Gasteiger partial charge in [-0.25, -0.2) is 0 Å². The van der Waals surface area contributed by atoms with E-state index in [2.05, 4.69) is 43.4 Å². The van der Waals surface area contributed by atoms with Crippen LogP contribution in [0.15, 0.2) is 23.8 Å². The molecule has 1 atom stereocenters. The Labute approximate surface area is 97.3 Å². The molecule has 1 unspecified atom stereocenters. The van der Waals surface area contributed by atoms with Gasteiger partial charge in [-0.15, -0.1) is 0 Å². The molecule has 0 aromatic heterocycles. The summed E-state index contributed by atoms with van der Waals surface area (Å²) in [5, 5.41) is 3.24. The lowest BCUT2D eigenvalue weighted by molar-refractivity contribution is 0.357. The molecule has 0 fully saturated rings. The van der Waals surface area contributed by atoms with Gasteiger partial charge in [0.1, 0.15) is 5.75 Å². The van der Waals surface area contributed by atoms with Gasteiger partial charge in [0.15, 0.2) is 0 Å². The van der Waals surface area contributed by atoms with Crippen molar-refractivity contribution in [3.63, 3.8) is 0 Å². The van der Waals surface area contributed by atoms with Crippen LogP contribution in [0.4, 0.5) is 0 Å². The van der Waals surface area contributed by atoms with Gasteiger partial charge in [0.25, 0.3) is 0 Å². The molecule has 86 valence electrons. The third-order valence-corrected chi connectivity index (χ3v) is 3.22. The molecule has 0 bridgehead atoms. The Morgan fingerprint density at radius 3 is 3.06 bits per heavy atom. The van der Waals surface area contributed by atoms with E-state index in [9.17, 15) is 0 Å². The lowest BCUT2D eigenvalue weighted by atomic mass is 10.0. The number of ether oxygens (including phenoxy) is 1. The van der Waals surface area contributed by atoms with E-state index in [-0.39, 0.29) is 0 Å². The molecule has 16 heavy (non-hydrogen) atoms. The molecule has 1 N–H and O–H groups in total. The van der Waals surface area contributed by atoms with E-state index in [0.717, 1.165) is 18.8 Å². The van der Waals surface area contributed by atoms with Gasteiger partial charge in [0, 0.05) is 12.5 Å². The molecule has 2 nitrogen and oxygen atoms in total. The van der Waals surface area contributed by atoms with Gasteiger partial charge in [-0.2, -0.15) is 0 Å². The largest absolute Gasteiger partial charge is 0.493 e. The first kappa shape index (κ1) is 11.2. The number of hydrogen-bond acceptors (Lipinski definition) is 2. The second-order valence-electron chi connectivity index (χ2n) is 4.36. The van der Waals surface area contributed by atoms with Gasteiger partial charge in [-0.1, -0.05) is 17.7 Å². The highest BCUT2D eigenvalue weighted by Crippen LogP contribution is 2.26. The quantitative estimate of drug-likeness (QED) is 0.840. The third-order valence-electron chi connectivity index (χ3n) is 3.22. The summed E-state index contributed by atoms with van der Waals surface area (Å²) in [6.45, 7) is 5.15. The maximum atomic E-state index is 5.49. The van der Waals surface area contributed by atoms with Crippen molar-refractivity contribution in [3.05, 3.63) is 34.9 Å². The first-order valence-corrected chi connectivity index (χ1v) is 5.82. The summed E-state index contributed by atoms with van der Waals surface area (Å²) in [5.74, 6) is 1.05. The van der Waals surface area contributed by atoms with Crippen molar-refractivity contribution in [3.8, 4) is 5.75 Å². The lowest BCUT2D eigenvalue weighted by Crippen LogP contribution is -2.21. The predicted octanol–water partition coefficient (Wildman–Crippen LogP) is 2.63. The van der Waals surface area contributed by atoms with Crippen LogP contribution in [-0.2, 0) is 6.42 Å². The molecular weight excluding hydrogens is 198 g/mol. The average Bonchev–Trinajstić information content (AvgIpc) is 2.75. The molecule has 0 saturated heterocycles. The maximum Gasteiger partial charge on any atom is 0.122 e. The van der Waals surface area contributed by atoms with E-state index in [1.54, 1.807) is 0 Å². The number of rotatable bonds is 3. The van der Waals surface area contributed by atoms with Gasteiger partial charge >= 0.3 is 0 Å². The maximum absolute atomic E-state index is 5.49. The van der Waals surface area contributed by atoms with Crippen molar-refractivity contribution < 1.29 is 4.74 Å². The molecule has 2 heteroatoms. The molecule has 0 radical (unpaired) electrons. The van der Waals surface area contributed by atoms with E-state index in [0.29, 0.717) is 6.04 Å². The van der Waals surface area contributed by atoms with Crippen molar-refractivity contribution in [2.75, 3.05) is 13.7 Å². The third kappa shape index (κ3) is 2.27. The van der Waals surface area contributed by atoms with E-state index >= 15 is 0 Å². The number of nitrogens with one attached hydrogen (secondary N) is 1. The van der Waals surface area contributed by atoms with Crippen LogP contribution in [0, 0.1) is 0 Å². The summed E-state index contributed by atoms with van der Waals surface area (Å²) in [6.07, 6.45) is 3.28. The molecule has 1 aliphatic heterocycles. The first-order valence-electron chi connectivity index (χ1n) is 5.82. The van der Waals surface area contributed by atoms with Crippen molar-refractivity contribution in [2.24, 2.45) is 0 Å². The summed E-state index contributed by atoms with van der Waals surface area (Å²) < 4.78 is 5.49. The number of fused-ring (bicyclic) bond motifs is 1. The normalized spacial score (nSPS) is 16.8. The van der Waals surface area contributed by atoms with Crippen molar-refractivity contribution in [1.82, 2.24) is 5.32 Å². The molecule has 0 amide bonds. The molecule has 0 aliphatic carbocycles. The standard InChI is InChI=1S/C14H19NO/c1-10(11(2)15-3)8-12-4-5-14-13(9-12)6-7-16-14/h4-5,8-9,11,15H,6-7H2,1-3H3/b10-8+. The van der Waals surface area contributed by atoms with Crippen LogP contribution in [-0.4, -0.2) is 19.7 Å². The van der Waals surface area contributed by atoms with Crippen molar-refractivity contribution in [1.29, 1.82) is 0 Å². The minimum Gasteiger partial charge on any atom is -0.493 e. The molecule has 0 saturated carbocycles. The van der Waals surface area contributed by atoms with Crippen LogP contribution >= 0.6 is 0 Å². The van der Waals surface area contributed by atoms with Gasteiger partial charge in [0.2, 0.25) is 0 Å². The fourth-order valence-electron chi connectivity index (χ4n) is 1.91.